The molecule has 30 heavy (non-hydrogen) atoms. The van der Waals surface area contributed by atoms with E-state index in [1.807, 2.05) is 18.2 Å². The second-order valence-corrected chi connectivity index (χ2v) is 7.64. The number of rotatable bonds is 9. The van der Waals surface area contributed by atoms with Crippen molar-refractivity contribution >= 4 is 16.8 Å². The van der Waals surface area contributed by atoms with Crippen LogP contribution in [-0.2, 0) is 31.4 Å². The van der Waals surface area contributed by atoms with Crippen LogP contribution in [0.15, 0.2) is 53.3 Å². The van der Waals surface area contributed by atoms with Crippen molar-refractivity contribution in [1.29, 1.82) is 0 Å². The minimum absolute atomic E-state index is 0.0472. The molecule has 0 aliphatic carbocycles. The molecule has 0 bridgehead atoms. The largest absolute Gasteiger partial charge is 0.352 e. The minimum atomic E-state index is -0.0809. The van der Waals surface area contributed by atoms with Gasteiger partial charge in [-0.25, -0.2) is 4.98 Å². The van der Waals surface area contributed by atoms with E-state index in [0.29, 0.717) is 36.1 Å². The number of carbonyl (C=O) groups excluding carboxylic acids is 1. The Morgan fingerprint density at radius 2 is 1.70 bits per heavy atom. The Morgan fingerprint density at radius 1 is 1.03 bits per heavy atom. The predicted molar refractivity (Wildman–Crippen MR) is 119 cm³/mol. The summed E-state index contributed by atoms with van der Waals surface area (Å²) in [5.74, 6) is 0.575. The van der Waals surface area contributed by atoms with Crippen LogP contribution in [0.3, 0.4) is 0 Å². The topological polar surface area (TPSA) is 68.4 Å². The van der Waals surface area contributed by atoms with Crippen molar-refractivity contribution < 1.29 is 9.69 Å². The van der Waals surface area contributed by atoms with Gasteiger partial charge in [-0.2, -0.15) is 0 Å². The van der Waals surface area contributed by atoms with Gasteiger partial charge in [0.2, 0.25) is 5.91 Å². The first kappa shape index (κ1) is 21.7. The molecular formula is C24H31N4O2+. The van der Waals surface area contributed by atoms with Crippen molar-refractivity contribution in [3.8, 4) is 0 Å². The van der Waals surface area contributed by atoms with Crippen molar-refractivity contribution in [2.75, 3.05) is 13.1 Å². The third-order valence-electron chi connectivity index (χ3n) is 5.62. The van der Waals surface area contributed by atoms with Crippen LogP contribution in [0.1, 0.15) is 37.2 Å². The highest BCUT2D eigenvalue weighted by Crippen LogP contribution is 2.09. The van der Waals surface area contributed by atoms with Crippen LogP contribution in [0.25, 0.3) is 10.9 Å². The number of quaternary nitrogens is 1. The van der Waals surface area contributed by atoms with E-state index in [1.54, 1.807) is 18.0 Å². The number of amides is 1. The number of hydrogen-bond donors (Lipinski definition) is 2. The molecule has 0 aliphatic heterocycles. The Hall–Kier alpha value is -2.99. The van der Waals surface area contributed by atoms with Crippen molar-refractivity contribution in [3.63, 3.8) is 0 Å². The molecule has 1 heterocycles. The van der Waals surface area contributed by atoms with E-state index in [9.17, 15) is 9.59 Å². The molecule has 0 saturated heterocycles. The molecular weight excluding hydrogens is 376 g/mol. The molecule has 6 nitrogen and oxygen atoms in total. The van der Waals surface area contributed by atoms with Gasteiger partial charge in [-0.1, -0.05) is 36.4 Å². The van der Waals surface area contributed by atoms with Crippen molar-refractivity contribution in [2.24, 2.45) is 7.05 Å². The quantitative estimate of drug-likeness (QED) is 0.566. The Morgan fingerprint density at radius 3 is 2.40 bits per heavy atom. The van der Waals surface area contributed by atoms with Crippen LogP contribution in [-0.4, -0.2) is 28.5 Å². The van der Waals surface area contributed by atoms with Crippen LogP contribution < -0.4 is 15.8 Å². The number of aryl methyl sites for hydroxylation is 1. The Bertz CT molecular complexity index is 1050. The van der Waals surface area contributed by atoms with Crippen LogP contribution in [0, 0.1) is 0 Å². The molecule has 0 saturated carbocycles. The molecule has 0 radical (unpaired) electrons. The van der Waals surface area contributed by atoms with E-state index < -0.39 is 0 Å². The smallest absolute Gasteiger partial charge is 0.261 e. The summed E-state index contributed by atoms with van der Waals surface area (Å²) in [5.41, 5.74) is 2.98. The molecule has 6 heteroatoms. The molecule has 3 rings (SSSR count). The number of hydrogen-bond acceptors (Lipinski definition) is 3. The summed E-state index contributed by atoms with van der Waals surface area (Å²) in [7, 11) is 1.70. The summed E-state index contributed by atoms with van der Waals surface area (Å²) < 4.78 is 1.53. The maximum absolute atomic E-state index is 12.5. The Labute approximate surface area is 177 Å². The molecule has 0 aliphatic rings. The van der Waals surface area contributed by atoms with Crippen molar-refractivity contribution in [3.05, 3.63) is 75.8 Å². The fourth-order valence-corrected chi connectivity index (χ4v) is 3.57. The van der Waals surface area contributed by atoms with Gasteiger partial charge in [0.15, 0.2) is 0 Å². The number of nitrogens with one attached hydrogen (secondary N) is 2. The first-order valence-electron chi connectivity index (χ1n) is 10.6. The fourth-order valence-electron chi connectivity index (χ4n) is 3.57. The second-order valence-electron chi connectivity index (χ2n) is 7.64. The summed E-state index contributed by atoms with van der Waals surface area (Å²) >= 11 is 0. The summed E-state index contributed by atoms with van der Waals surface area (Å²) in [4.78, 5) is 30.9. The first-order chi connectivity index (χ1) is 14.5. The summed E-state index contributed by atoms with van der Waals surface area (Å²) in [6.07, 6.45) is 0.718. The molecule has 0 unspecified atom stereocenters. The van der Waals surface area contributed by atoms with Gasteiger partial charge in [0.25, 0.3) is 5.56 Å². The second kappa shape index (κ2) is 10.2. The first-order valence-corrected chi connectivity index (χ1v) is 10.6. The maximum Gasteiger partial charge on any atom is 0.261 e. The maximum atomic E-state index is 12.5. The van der Waals surface area contributed by atoms with E-state index in [1.165, 1.54) is 10.1 Å². The number of benzene rings is 2. The van der Waals surface area contributed by atoms with Gasteiger partial charge in [-0.05, 0) is 31.5 Å². The molecule has 0 fully saturated rings. The summed E-state index contributed by atoms with van der Waals surface area (Å²) in [6.45, 7) is 8.17. The van der Waals surface area contributed by atoms with E-state index in [0.717, 1.165) is 25.2 Å². The lowest BCUT2D eigenvalue weighted by atomic mass is 10.1. The van der Waals surface area contributed by atoms with Gasteiger partial charge < -0.3 is 10.2 Å². The molecule has 2 N–H and O–H groups in total. The predicted octanol–water partition coefficient (Wildman–Crippen LogP) is 1.61. The zero-order chi connectivity index (χ0) is 21.5. The van der Waals surface area contributed by atoms with E-state index in [4.69, 9.17) is 0 Å². The van der Waals surface area contributed by atoms with Gasteiger partial charge in [0.1, 0.15) is 12.4 Å². The summed E-state index contributed by atoms with van der Waals surface area (Å²) in [5, 5.41) is 3.56. The molecule has 3 aromatic rings. The number of nitrogens with zero attached hydrogens (tertiary/aromatic N) is 2. The van der Waals surface area contributed by atoms with Crippen molar-refractivity contribution in [1.82, 2.24) is 14.9 Å². The van der Waals surface area contributed by atoms with E-state index >= 15 is 0 Å². The van der Waals surface area contributed by atoms with E-state index in [2.05, 4.69) is 48.4 Å². The average molecular weight is 408 g/mol. The van der Waals surface area contributed by atoms with Crippen LogP contribution >= 0.6 is 0 Å². The average Bonchev–Trinajstić information content (AvgIpc) is 2.78. The lowest BCUT2D eigenvalue weighted by Gasteiger charge is -2.15. The zero-order valence-corrected chi connectivity index (χ0v) is 18.1. The third kappa shape index (κ3) is 5.33. The monoisotopic (exact) mass is 407 g/mol. The lowest BCUT2D eigenvalue weighted by Crippen LogP contribution is -3.10. The molecule has 0 spiro atoms. The van der Waals surface area contributed by atoms with Gasteiger partial charge in [0, 0.05) is 32.0 Å². The molecule has 1 aromatic heterocycles. The normalized spacial score (nSPS) is 11.2. The number of para-hydroxylation sites is 1. The van der Waals surface area contributed by atoms with Crippen LogP contribution in [0.2, 0.25) is 0 Å². The molecule has 1 amide bonds. The summed E-state index contributed by atoms with van der Waals surface area (Å²) in [6, 6.07) is 15.7. The third-order valence-corrected chi connectivity index (χ3v) is 5.62. The minimum Gasteiger partial charge on any atom is -0.352 e. The van der Waals surface area contributed by atoms with Gasteiger partial charge in [0.05, 0.1) is 24.0 Å². The van der Waals surface area contributed by atoms with Crippen molar-refractivity contribution in [2.45, 2.75) is 39.8 Å². The van der Waals surface area contributed by atoms with E-state index in [-0.39, 0.29) is 11.5 Å². The zero-order valence-electron chi connectivity index (χ0n) is 18.1. The van der Waals surface area contributed by atoms with Crippen LogP contribution in [0.5, 0.6) is 0 Å². The number of fused-ring (bicyclic) bond motifs is 1. The molecule has 0 atom stereocenters. The lowest BCUT2D eigenvalue weighted by molar-refractivity contribution is -0.910. The molecule has 158 valence electrons. The highest BCUT2D eigenvalue weighted by molar-refractivity contribution is 5.78. The highest BCUT2D eigenvalue weighted by Gasteiger charge is 2.10. The Balaban J connectivity index is 1.54. The standard InChI is InChI=1S/C24H30N4O2/c1-4-28(5-2)17-19-12-10-18(11-13-19)16-25-23(29)15-14-22-26-21-9-7-6-8-20(21)24(30)27(22)3/h6-13H,4-5,14-17H2,1-3H3,(H,25,29)/p+1. The van der Waals surface area contributed by atoms with Crippen LogP contribution in [0.4, 0.5) is 0 Å². The van der Waals surface area contributed by atoms with Gasteiger partial charge in [-0.3, -0.25) is 14.2 Å². The number of carbonyl (C=O) groups is 1. The Kier molecular flexibility index (Phi) is 7.36. The number of aromatic nitrogens is 2. The highest BCUT2D eigenvalue weighted by atomic mass is 16.1. The van der Waals surface area contributed by atoms with Gasteiger partial charge >= 0.3 is 0 Å². The van der Waals surface area contributed by atoms with Gasteiger partial charge in [-0.15, -0.1) is 0 Å². The molecule has 2 aromatic carbocycles. The fraction of sp³-hybridized carbons (Fsp3) is 0.375. The SMILES string of the molecule is CC[NH+](CC)Cc1ccc(CNC(=O)CCc2nc3ccccc3c(=O)n2C)cc1.